The van der Waals surface area contributed by atoms with E-state index < -0.39 is 6.10 Å². The maximum Gasteiger partial charge on any atom is 0.256 e. The zero-order valence-corrected chi connectivity index (χ0v) is 23.5. The second-order valence-corrected chi connectivity index (χ2v) is 13.4. The molecular formula is C32H46N2O3. The number of amides is 1. The highest BCUT2D eigenvalue weighted by Crippen LogP contribution is 2.68. The summed E-state index contributed by atoms with van der Waals surface area (Å²) in [5.41, 5.74) is 3.05. The first-order valence-corrected chi connectivity index (χ1v) is 14.7. The molecule has 4 aliphatic carbocycles. The van der Waals surface area contributed by atoms with E-state index in [-0.39, 0.29) is 17.4 Å². The van der Waals surface area contributed by atoms with Gasteiger partial charge in [-0.05, 0) is 118 Å². The molecule has 1 aromatic carbocycles. The van der Waals surface area contributed by atoms with Crippen LogP contribution in [0.5, 0.6) is 5.75 Å². The van der Waals surface area contributed by atoms with Crippen LogP contribution in [0.25, 0.3) is 0 Å². The van der Waals surface area contributed by atoms with E-state index in [1.807, 2.05) is 11.9 Å². The lowest BCUT2D eigenvalue weighted by Crippen LogP contribution is -2.53. The average Bonchev–Trinajstić information content (AvgIpc) is 3.40. The number of likely N-dealkylation sites (N-methyl/N-ethyl adjacent to an activating group) is 1. The van der Waals surface area contributed by atoms with Crippen LogP contribution in [0.1, 0.15) is 76.9 Å². The van der Waals surface area contributed by atoms with Gasteiger partial charge in [0, 0.05) is 25.7 Å². The number of ether oxygens (including phenoxy) is 1. The molecule has 1 saturated heterocycles. The third kappa shape index (κ3) is 3.74. The number of aliphatic hydroxyl groups is 1. The van der Waals surface area contributed by atoms with Crippen LogP contribution in [0.2, 0.25) is 0 Å². The van der Waals surface area contributed by atoms with E-state index in [0.717, 1.165) is 54.7 Å². The Morgan fingerprint density at radius 1 is 1.11 bits per heavy atom. The summed E-state index contributed by atoms with van der Waals surface area (Å²) in [5.74, 6) is 3.93. The van der Waals surface area contributed by atoms with Gasteiger partial charge in [0.2, 0.25) is 0 Å². The maximum absolute atomic E-state index is 13.3. The van der Waals surface area contributed by atoms with Crippen LogP contribution in [-0.2, 0) is 4.79 Å². The van der Waals surface area contributed by atoms with Crippen LogP contribution in [0.4, 0.5) is 0 Å². The van der Waals surface area contributed by atoms with Gasteiger partial charge in [0.05, 0.1) is 7.11 Å². The number of nitrogens with zero attached hydrogens (tertiary/aromatic N) is 2. The maximum atomic E-state index is 13.3. The molecule has 1 amide bonds. The Morgan fingerprint density at radius 3 is 2.57 bits per heavy atom. The lowest BCUT2D eigenvalue weighted by atomic mass is 9.47. The summed E-state index contributed by atoms with van der Waals surface area (Å²) in [6.45, 7) is 6.33. The largest absolute Gasteiger partial charge is 0.497 e. The summed E-state index contributed by atoms with van der Waals surface area (Å²) in [5, 5.41) is 10.8. The number of carbonyl (C=O) groups excluding carboxylic acids is 1. The van der Waals surface area contributed by atoms with Crippen LogP contribution < -0.4 is 4.74 Å². The lowest BCUT2D eigenvalue weighted by Gasteiger charge is -2.58. The first-order valence-electron chi connectivity index (χ1n) is 14.7. The zero-order valence-electron chi connectivity index (χ0n) is 23.5. The highest BCUT2D eigenvalue weighted by atomic mass is 16.5. The fourth-order valence-corrected chi connectivity index (χ4v) is 10.1. The van der Waals surface area contributed by atoms with Gasteiger partial charge in [-0.25, -0.2) is 0 Å². The number of fused-ring (bicyclic) bond motifs is 4. The van der Waals surface area contributed by atoms with E-state index in [0.29, 0.717) is 11.0 Å². The molecule has 202 valence electrons. The lowest BCUT2D eigenvalue weighted by molar-refractivity contribution is -0.142. The van der Waals surface area contributed by atoms with E-state index in [1.165, 1.54) is 38.6 Å². The van der Waals surface area contributed by atoms with E-state index in [4.69, 9.17) is 4.74 Å². The number of benzene rings is 1. The van der Waals surface area contributed by atoms with Crippen LogP contribution in [-0.4, -0.2) is 60.6 Å². The quantitative estimate of drug-likeness (QED) is 0.552. The van der Waals surface area contributed by atoms with Crippen molar-refractivity contribution < 1.29 is 14.6 Å². The molecule has 9 unspecified atom stereocenters. The molecule has 5 nitrogen and oxygen atoms in total. The zero-order chi connectivity index (χ0) is 26.1. The van der Waals surface area contributed by atoms with Crippen LogP contribution in [0.15, 0.2) is 35.9 Å². The van der Waals surface area contributed by atoms with Crippen molar-refractivity contribution in [2.75, 3.05) is 27.7 Å². The molecule has 37 heavy (non-hydrogen) atoms. The van der Waals surface area contributed by atoms with Gasteiger partial charge in [-0.2, -0.15) is 0 Å². The van der Waals surface area contributed by atoms with Crippen molar-refractivity contribution in [3.05, 3.63) is 41.5 Å². The van der Waals surface area contributed by atoms with Gasteiger partial charge < -0.3 is 19.6 Å². The number of rotatable bonds is 4. The van der Waals surface area contributed by atoms with E-state index >= 15 is 0 Å². The van der Waals surface area contributed by atoms with Gasteiger partial charge in [0.15, 0.2) is 6.10 Å². The predicted octanol–water partition coefficient (Wildman–Crippen LogP) is 5.45. The van der Waals surface area contributed by atoms with Gasteiger partial charge in [-0.3, -0.25) is 4.79 Å². The predicted molar refractivity (Wildman–Crippen MR) is 146 cm³/mol. The first kappa shape index (κ1) is 25.4. The smallest absolute Gasteiger partial charge is 0.256 e. The second kappa shape index (κ2) is 9.12. The molecule has 5 aliphatic rings. The highest BCUT2D eigenvalue weighted by molar-refractivity contribution is 5.82. The molecule has 1 N–H and O–H groups in total. The summed E-state index contributed by atoms with van der Waals surface area (Å²) < 4.78 is 5.22. The van der Waals surface area contributed by atoms with Gasteiger partial charge in [0.25, 0.3) is 5.91 Å². The molecule has 9 atom stereocenters. The minimum atomic E-state index is -1.13. The van der Waals surface area contributed by atoms with Crippen molar-refractivity contribution in [1.29, 1.82) is 0 Å². The van der Waals surface area contributed by atoms with Crippen LogP contribution in [0.3, 0.4) is 0 Å². The van der Waals surface area contributed by atoms with Crippen molar-refractivity contribution in [3.63, 3.8) is 0 Å². The average molecular weight is 507 g/mol. The van der Waals surface area contributed by atoms with Crippen molar-refractivity contribution >= 4 is 5.91 Å². The van der Waals surface area contributed by atoms with Crippen molar-refractivity contribution in [2.45, 2.75) is 83.4 Å². The molecule has 1 spiro atoms. The molecule has 1 aromatic rings. The minimum absolute atomic E-state index is 0.159. The normalized spacial score (nSPS) is 41.6. The molecule has 5 heteroatoms. The summed E-state index contributed by atoms with van der Waals surface area (Å²) in [6, 6.07) is 8.06. The molecule has 1 aliphatic heterocycles. The molecule has 1 heterocycles. The van der Waals surface area contributed by atoms with Crippen molar-refractivity contribution in [3.8, 4) is 5.75 Å². The molecule has 6 rings (SSSR count). The Kier molecular flexibility index (Phi) is 6.27. The van der Waals surface area contributed by atoms with E-state index in [9.17, 15) is 9.90 Å². The van der Waals surface area contributed by atoms with Crippen molar-refractivity contribution in [1.82, 2.24) is 9.80 Å². The number of aliphatic hydroxyl groups excluding tert-OH is 1. The summed E-state index contributed by atoms with van der Waals surface area (Å²) in [6.07, 6.45) is 11.5. The summed E-state index contributed by atoms with van der Waals surface area (Å²) in [7, 11) is 5.86. The standard InChI is InChI=1S/C32H46N2O3/c1-20-26-12-13-28-25-11-8-22-18-23(34(4)30(36)29(35)21-6-9-24(37-5)10-7-21)14-16-31(22,2)27(25)15-17-32(26,28)19-33(20)3/h6-10,20,23,25-29,35H,11-19H2,1-5H3. The Labute approximate surface area is 223 Å². The van der Waals surface area contributed by atoms with Gasteiger partial charge in [-0.15, -0.1) is 0 Å². The fourth-order valence-electron chi connectivity index (χ4n) is 10.1. The summed E-state index contributed by atoms with van der Waals surface area (Å²) in [4.78, 5) is 17.8. The third-order valence-corrected chi connectivity index (χ3v) is 12.2. The second-order valence-electron chi connectivity index (χ2n) is 13.4. The highest BCUT2D eigenvalue weighted by Gasteiger charge is 2.64. The molecule has 0 bridgehead atoms. The number of carbonyl (C=O) groups is 1. The number of allylic oxidation sites excluding steroid dienone is 1. The molecule has 0 aromatic heterocycles. The van der Waals surface area contributed by atoms with Crippen LogP contribution in [0, 0.1) is 34.5 Å². The van der Waals surface area contributed by atoms with Gasteiger partial charge in [0.1, 0.15) is 5.75 Å². The van der Waals surface area contributed by atoms with E-state index in [1.54, 1.807) is 36.9 Å². The topological polar surface area (TPSA) is 53.0 Å². The molecule has 0 radical (unpaired) electrons. The molecular weight excluding hydrogens is 460 g/mol. The number of hydrogen-bond donors (Lipinski definition) is 1. The van der Waals surface area contributed by atoms with E-state index in [2.05, 4.69) is 31.9 Å². The fraction of sp³-hybridized carbons (Fsp3) is 0.719. The third-order valence-electron chi connectivity index (χ3n) is 12.2. The SMILES string of the molecule is COc1ccc(C(O)C(=O)N(C)C2CCC3(C)C(=CCC4C3CCC35CN(C)C(C)C3CCC45)C2)cc1. The Bertz CT molecular complexity index is 1070. The van der Waals surface area contributed by atoms with Crippen LogP contribution >= 0.6 is 0 Å². The number of methoxy groups -OCH3 is 1. The number of likely N-dealkylation sites (tertiary alicyclic amines) is 1. The monoisotopic (exact) mass is 506 g/mol. The Morgan fingerprint density at radius 2 is 1.84 bits per heavy atom. The van der Waals surface area contributed by atoms with Gasteiger partial charge in [-0.1, -0.05) is 30.7 Å². The minimum Gasteiger partial charge on any atom is -0.497 e. The molecule has 3 saturated carbocycles. The Hall–Kier alpha value is -1.85. The first-order chi connectivity index (χ1) is 17.7. The Balaban J connectivity index is 1.17. The van der Waals surface area contributed by atoms with Gasteiger partial charge >= 0.3 is 0 Å². The summed E-state index contributed by atoms with van der Waals surface area (Å²) >= 11 is 0. The molecule has 4 fully saturated rings. The van der Waals surface area contributed by atoms with Crippen molar-refractivity contribution in [2.24, 2.45) is 34.5 Å². The number of hydrogen-bond acceptors (Lipinski definition) is 4.